The van der Waals surface area contributed by atoms with E-state index in [2.05, 4.69) is 15.6 Å². The van der Waals surface area contributed by atoms with Gasteiger partial charge in [0.2, 0.25) is 5.88 Å². The third kappa shape index (κ3) is 7.20. The predicted octanol–water partition coefficient (Wildman–Crippen LogP) is 6.87. The second-order valence-electron chi connectivity index (χ2n) is 11.0. The summed E-state index contributed by atoms with van der Waals surface area (Å²) >= 11 is 0. The van der Waals surface area contributed by atoms with Crippen molar-refractivity contribution in [2.45, 2.75) is 76.5 Å². The average Bonchev–Trinajstić information content (AvgIpc) is 3.45. The summed E-state index contributed by atoms with van der Waals surface area (Å²) in [5.74, 6) is 0.669. The minimum atomic E-state index is -4.46. The number of hydrogen-bond acceptors (Lipinski definition) is 7. The number of aromatic nitrogens is 3. The zero-order chi connectivity index (χ0) is 30.6. The van der Waals surface area contributed by atoms with Gasteiger partial charge in [-0.2, -0.15) is 18.3 Å². The molecule has 5 rings (SSSR count). The van der Waals surface area contributed by atoms with Crippen molar-refractivity contribution < 1.29 is 31.4 Å². The van der Waals surface area contributed by atoms with Crippen molar-refractivity contribution in [2.75, 3.05) is 37.0 Å². The van der Waals surface area contributed by atoms with E-state index in [0.717, 1.165) is 30.9 Å². The molecule has 0 bridgehead atoms. The highest BCUT2D eigenvalue weighted by molar-refractivity contribution is 5.61. The molecule has 4 heterocycles. The predicted molar refractivity (Wildman–Crippen MR) is 152 cm³/mol. The summed E-state index contributed by atoms with van der Waals surface area (Å²) < 4.78 is 81.3. The molecule has 0 aliphatic carbocycles. The first-order valence-electron chi connectivity index (χ1n) is 14.6. The highest BCUT2D eigenvalue weighted by Crippen LogP contribution is 2.38. The molecule has 3 aromatic rings. The van der Waals surface area contributed by atoms with Gasteiger partial charge in [0.15, 0.2) is 5.82 Å². The molecule has 13 heteroatoms. The van der Waals surface area contributed by atoms with Crippen molar-refractivity contribution in [3.05, 3.63) is 65.0 Å². The number of alkyl halides is 5. The first-order chi connectivity index (χ1) is 20.7. The maximum Gasteiger partial charge on any atom is 0.416 e. The molecule has 2 aromatic heterocycles. The van der Waals surface area contributed by atoms with Crippen molar-refractivity contribution >= 4 is 11.5 Å². The maximum absolute atomic E-state index is 13.8. The fourth-order valence-corrected chi connectivity index (χ4v) is 5.88. The van der Waals surface area contributed by atoms with Crippen LogP contribution in [0.25, 0.3) is 0 Å². The molecule has 2 saturated heterocycles. The van der Waals surface area contributed by atoms with Crippen molar-refractivity contribution in [2.24, 2.45) is 0 Å². The van der Waals surface area contributed by atoms with Gasteiger partial charge in [0, 0.05) is 61.8 Å². The topological polar surface area (TPSA) is 76.5 Å². The Balaban J connectivity index is 1.30. The summed E-state index contributed by atoms with van der Waals surface area (Å²) in [4.78, 5) is 6.02. The lowest BCUT2D eigenvalue weighted by atomic mass is 10.0. The molecule has 2 fully saturated rings. The SMILES string of the molecule is COc1nccc(C(F)F)c1N1CCC(NC(C)c2cn(C3CCCCO3)nc2NCc2ccccc2C(F)(F)F)CC1. The van der Waals surface area contributed by atoms with Gasteiger partial charge >= 0.3 is 6.18 Å². The Hall–Kier alpha value is -3.45. The summed E-state index contributed by atoms with van der Waals surface area (Å²) in [6.45, 7) is 3.63. The Bertz CT molecular complexity index is 1350. The maximum atomic E-state index is 13.8. The largest absolute Gasteiger partial charge is 0.480 e. The third-order valence-electron chi connectivity index (χ3n) is 8.09. The monoisotopic (exact) mass is 608 g/mol. The number of ether oxygens (including phenoxy) is 2. The van der Waals surface area contributed by atoms with E-state index in [1.165, 1.54) is 31.5 Å². The van der Waals surface area contributed by atoms with Crippen LogP contribution in [-0.2, 0) is 17.5 Å². The van der Waals surface area contributed by atoms with Crippen molar-refractivity contribution in [3.8, 4) is 5.88 Å². The number of methoxy groups -OCH3 is 1. The molecule has 43 heavy (non-hydrogen) atoms. The Labute approximate surface area is 247 Å². The van der Waals surface area contributed by atoms with Gasteiger partial charge < -0.3 is 25.0 Å². The van der Waals surface area contributed by atoms with Crippen molar-refractivity contribution in [1.82, 2.24) is 20.1 Å². The van der Waals surface area contributed by atoms with Crippen LogP contribution in [0.5, 0.6) is 5.88 Å². The van der Waals surface area contributed by atoms with E-state index in [0.29, 0.717) is 44.0 Å². The van der Waals surface area contributed by atoms with E-state index in [9.17, 15) is 22.0 Å². The number of anilines is 2. The van der Waals surface area contributed by atoms with E-state index >= 15 is 0 Å². The first-order valence-corrected chi connectivity index (χ1v) is 14.6. The van der Waals surface area contributed by atoms with Gasteiger partial charge in [-0.05, 0) is 56.7 Å². The number of nitrogens with zero attached hydrogens (tertiary/aromatic N) is 4. The van der Waals surface area contributed by atoms with Crippen LogP contribution in [0.1, 0.15) is 80.0 Å². The molecule has 2 atom stereocenters. The lowest BCUT2D eigenvalue weighted by molar-refractivity contribution is -0.138. The summed E-state index contributed by atoms with van der Waals surface area (Å²) in [7, 11) is 1.42. The number of nitrogens with one attached hydrogen (secondary N) is 2. The molecule has 2 unspecified atom stereocenters. The van der Waals surface area contributed by atoms with E-state index in [1.54, 1.807) is 10.7 Å². The zero-order valence-corrected chi connectivity index (χ0v) is 24.2. The van der Waals surface area contributed by atoms with Crippen LogP contribution < -0.4 is 20.3 Å². The van der Waals surface area contributed by atoms with Gasteiger partial charge in [0.1, 0.15) is 11.9 Å². The minimum Gasteiger partial charge on any atom is -0.480 e. The second kappa shape index (κ2) is 13.5. The van der Waals surface area contributed by atoms with Crippen molar-refractivity contribution in [1.29, 1.82) is 0 Å². The molecular formula is C30H37F5N6O2. The molecule has 2 aliphatic heterocycles. The summed E-state index contributed by atoms with van der Waals surface area (Å²) in [6, 6.07) is 6.71. The number of benzene rings is 1. The van der Waals surface area contributed by atoms with Crippen LogP contribution in [0.15, 0.2) is 42.7 Å². The Morgan fingerprint density at radius 1 is 1.07 bits per heavy atom. The van der Waals surface area contributed by atoms with Crippen LogP contribution in [0, 0.1) is 0 Å². The lowest BCUT2D eigenvalue weighted by Crippen LogP contribution is -2.43. The van der Waals surface area contributed by atoms with E-state index in [1.807, 2.05) is 18.0 Å². The molecule has 1 aromatic carbocycles. The average molecular weight is 609 g/mol. The molecule has 0 spiro atoms. The number of piperidine rings is 1. The number of pyridine rings is 1. The summed E-state index contributed by atoms with van der Waals surface area (Å²) in [5.41, 5.74) is 0.483. The molecule has 2 aliphatic rings. The van der Waals surface area contributed by atoms with Gasteiger partial charge in [-0.1, -0.05) is 18.2 Å². The highest BCUT2D eigenvalue weighted by Gasteiger charge is 2.33. The summed E-state index contributed by atoms with van der Waals surface area (Å²) in [6.07, 6.45) is 0.0293. The van der Waals surface area contributed by atoms with Crippen LogP contribution in [0.2, 0.25) is 0 Å². The molecule has 8 nitrogen and oxygen atoms in total. The van der Waals surface area contributed by atoms with Gasteiger partial charge in [-0.15, -0.1) is 0 Å². The third-order valence-corrected chi connectivity index (χ3v) is 8.09. The van der Waals surface area contributed by atoms with Crippen LogP contribution in [0.4, 0.5) is 33.5 Å². The standard InChI is InChI=1S/C30H37F5N6O2/c1-19(38-21-11-14-40(15-12-21)26-22(27(31)32)10-13-36-29(26)42-2)23-18-41(25-9-5-6-16-43-25)39-28(23)37-17-20-7-3-4-8-24(20)30(33,34)35/h3-4,7-8,10,13,18-19,21,25,27,38H,5-6,9,11-12,14-17H2,1-2H3,(H,37,39). The van der Waals surface area contributed by atoms with Gasteiger partial charge in [-0.3, -0.25) is 0 Å². The molecule has 234 valence electrons. The zero-order valence-electron chi connectivity index (χ0n) is 24.2. The number of halogens is 5. The quantitative estimate of drug-likeness (QED) is 0.243. The van der Waals surface area contributed by atoms with Crippen LogP contribution >= 0.6 is 0 Å². The van der Waals surface area contributed by atoms with E-state index in [-0.39, 0.29) is 41.9 Å². The van der Waals surface area contributed by atoms with E-state index < -0.39 is 18.2 Å². The van der Waals surface area contributed by atoms with Gasteiger partial charge in [0.05, 0.1) is 12.7 Å². The number of hydrogen-bond donors (Lipinski definition) is 2. The Morgan fingerprint density at radius 2 is 1.84 bits per heavy atom. The Kier molecular flexibility index (Phi) is 9.70. The van der Waals surface area contributed by atoms with Gasteiger partial charge in [0.25, 0.3) is 6.43 Å². The van der Waals surface area contributed by atoms with Gasteiger partial charge in [-0.25, -0.2) is 18.4 Å². The first kappa shape index (κ1) is 31.0. The lowest BCUT2D eigenvalue weighted by Gasteiger charge is -2.36. The summed E-state index contributed by atoms with van der Waals surface area (Å²) in [5, 5.41) is 11.5. The van der Waals surface area contributed by atoms with Crippen LogP contribution in [0.3, 0.4) is 0 Å². The molecule has 0 amide bonds. The fourth-order valence-electron chi connectivity index (χ4n) is 5.88. The molecule has 2 N–H and O–H groups in total. The smallest absolute Gasteiger partial charge is 0.416 e. The normalized spacial score (nSPS) is 19.1. The molecule has 0 radical (unpaired) electrons. The number of rotatable bonds is 10. The second-order valence-corrected chi connectivity index (χ2v) is 11.0. The molecule has 0 saturated carbocycles. The highest BCUT2D eigenvalue weighted by atomic mass is 19.4. The fraction of sp³-hybridized carbons (Fsp3) is 0.533. The van der Waals surface area contributed by atoms with Crippen molar-refractivity contribution in [3.63, 3.8) is 0 Å². The molecular weight excluding hydrogens is 571 g/mol. The minimum absolute atomic E-state index is 0.0459. The van der Waals surface area contributed by atoms with E-state index in [4.69, 9.17) is 14.6 Å². The Morgan fingerprint density at radius 3 is 2.51 bits per heavy atom. The van der Waals surface area contributed by atoms with Crippen LogP contribution in [-0.4, -0.2) is 47.6 Å².